The highest BCUT2D eigenvalue weighted by atomic mass is 16.6. The average molecular weight is 245 g/mol. The Kier molecular flexibility index (Phi) is 3.07. The fourth-order valence-corrected chi connectivity index (χ4v) is 1.67. The van der Waals surface area contributed by atoms with E-state index in [2.05, 4.69) is 9.97 Å². The van der Waals surface area contributed by atoms with E-state index in [1.165, 1.54) is 0 Å². The second kappa shape index (κ2) is 4.37. The molecule has 0 saturated carbocycles. The quantitative estimate of drug-likeness (QED) is 0.336. The SMILES string of the molecule is Nc1nc[n+]([C@@H]2O[C@H](CO)[C@H](O)[C@@H]2O)c(=O)[nH]1. The Morgan fingerprint density at radius 2 is 2.24 bits per heavy atom. The highest BCUT2D eigenvalue weighted by Crippen LogP contribution is 2.24. The molecule has 0 unspecified atom stereocenters. The first-order chi connectivity index (χ1) is 8.04. The van der Waals surface area contributed by atoms with Gasteiger partial charge in [0, 0.05) is 0 Å². The van der Waals surface area contributed by atoms with Crippen LogP contribution in [0.3, 0.4) is 0 Å². The molecule has 1 aromatic heterocycles. The predicted octanol–water partition coefficient (Wildman–Crippen LogP) is -3.75. The molecular formula is C8H13N4O5+. The van der Waals surface area contributed by atoms with Crippen molar-refractivity contribution in [3.05, 3.63) is 16.8 Å². The molecule has 1 fully saturated rings. The molecule has 0 amide bonds. The van der Waals surface area contributed by atoms with E-state index in [1.54, 1.807) is 0 Å². The Morgan fingerprint density at radius 1 is 1.53 bits per heavy atom. The molecule has 9 heteroatoms. The van der Waals surface area contributed by atoms with Crippen LogP contribution < -0.4 is 16.0 Å². The van der Waals surface area contributed by atoms with Crippen molar-refractivity contribution >= 4 is 5.95 Å². The van der Waals surface area contributed by atoms with Crippen molar-refractivity contribution in [1.29, 1.82) is 0 Å². The van der Waals surface area contributed by atoms with Crippen molar-refractivity contribution in [2.45, 2.75) is 24.5 Å². The Hall–Kier alpha value is -1.55. The number of nitrogens with two attached hydrogens (primary N) is 1. The van der Waals surface area contributed by atoms with Crippen molar-refractivity contribution in [2.24, 2.45) is 0 Å². The lowest BCUT2D eigenvalue weighted by molar-refractivity contribution is -0.782. The van der Waals surface area contributed by atoms with Gasteiger partial charge >= 0.3 is 11.6 Å². The van der Waals surface area contributed by atoms with Gasteiger partial charge in [-0.15, -0.1) is 0 Å². The lowest BCUT2D eigenvalue weighted by Gasteiger charge is -2.11. The second-order valence-electron chi connectivity index (χ2n) is 3.70. The van der Waals surface area contributed by atoms with E-state index in [0.717, 1.165) is 10.9 Å². The number of nitrogens with one attached hydrogen (secondary N) is 1. The molecule has 1 aromatic rings. The Balaban J connectivity index is 2.32. The summed E-state index contributed by atoms with van der Waals surface area (Å²) in [5, 5.41) is 28.1. The highest BCUT2D eigenvalue weighted by molar-refractivity contribution is 5.07. The van der Waals surface area contributed by atoms with E-state index < -0.39 is 36.8 Å². The van der Waals surface area contributed by atoms with E-state index in [0.29, 0.717) is 0 Å². The van der Waals surface area contributed by atoms with Crippen LogP contribution >= 0.6 is 0 Å². The van der Waals surface area contributed by atoms with Crippen molar-refractivity contribution in [1.82, 2.24) is 9.97 Å². The molecule has 0 aliphatic carbocycles. The van der Waals surface area contributed by atoms with E-state index in [-0.39, 0.29) is 5.95 Å². The van der Waals surface area contributed by atoms with Gasteiger partial charge in [-0.05, 0) is 0 Å². The van der Waals surface area contributed by atoms with Gasteiger partial charge in [0.25, 0.3) is 0 Å². The minimum Gasteiger partial charge on any atom is -0.394 e. The van der Waals surface area contributed by atoms with E-state index >= 15 is 0 Å². The third kappa shape index (κ3) is 2.00. The van der Waals surface area contributed by atoms with Crippen LogP contribution in [-0.4, -0.2) is 50.2 Å². The van der Waals surface area contributed by atoms with Crippen LogP contribution in [0, 0.1) is 0 Å². The summed E-state index contributed by atoms with van der Waals surface area (Å²) in [6.45, 7) is -0.463. The number of anilines is 1. The number of aromatic nitrogens is 3. The summed E-state index contributed by atoms with van der Waals surface area (Å²) in [4.78, 5) is 17.4. The molecule has 4 atom stereocenters. The molecule has 9 nitrogen and oxygen atoms in total. The van der Waals surface area contributed by atoms with Crippen LogP contribution in [0.4, 0.5) is 5.95 Å². The summed E-state index contributed by atoms with van der Waals surface area (Å²) < 4.78 is 6.11. The van der Waals surface area contributed by atoms with Gasteiger partial charge < -0.3 is 25.8 Å². The van der Waals surface area contributed by atoms with E-state index in [9.17, 15) is 15.0 Å². The van der Waals surface area contributed by atoms with Crippen LogP contribution in [0.5, 0.6) is 0 Å². The molecule has 94 valence electrons. The van der Waals surface area contributed by atoms with Gasteiger partial charge in [-0.25, -0.2) is 4.79 Å². The molecule has 1 aliphatic heterocycles. The average Bonchev–Trinajstić information content (AvgIpc) is 2.57. The first-order valence-corrected chi connectivity index (χ1v) is 4.93. The van der Waals surface area contributed by atoms with Gasteiger partial charge in [-0.3, -0.25) is 0 Å². The normalized spacial score (nSPS) is 32.9. The van der Waals surface area contributed by atoms with E-state index in [1.807, 2.05) is 0 Å². The Bertz CT molecular complexity index is 463. The zero-order valence-corrected chi connectivity index (χ0v) is 8.72. The molecule has 1 aliphatic rings. The summed E-state index contributed by atoms with van der Waals surface area (Å²) >= 11 is 0. The number of rotatable bonds is 2. The summed E-state index contributed by atoms with van der Waals surface area (Å²) in [5.41, 5.74) is 4.64. The molecule has 2 rings (SSSR count). The third-order valence-corrected chi connectivity index (χ3v) is 2.58. The maximum absolute atomic E-state index is 11.5. The van der Waals surface area contributed by atoms with Crippen LogP contribution in [0.1, 0.15) is 6.23 Å². The van der Waals surface area contributed by atoms with Crippen molar-refractivity contribution in [2.75, 3.05) is 12.3 Å². The lowest BCUT2D eigenvalue weighted by Crippen LogP contribution is -2.58. The van der Waals surface area contributed by atoms with Crippen LogP contribution in [0.2, 0.25) is 0 Å². The zero-order valence-electron chi connectivity index (χ0n) is 8.72. The number of hydrogen-bond acceptors (Lipinski definition) is 7. The van der Waals surface area contributed by atoms with Crippen molar-refractivity contribution in [3.8, 4) is 0 Å². The largest absolute Gasteiger partial charge is 0.446 e. The minimum atomic E-state index is -1.33. The summed E-state index contributed by atoms with van der Waals surface area (Å²) in [5.74, 6) is -0.0713. The maximum atomic E-state index is 11.5. The molecule has 17 heavy (non-hydrogen) atoms. The molecule has 0 radical (unpaired) electrons. The molecule has 0 bridgehead atoms. The van der Waals surface area contributed by atoms with Crippen molar-refractivity contribution < 1.29 is 24.6 Å². The lowest BCUT2D eigenvalue weighted by atomic mass is 10.1. The number of aliphatic hydroxyl groups excluding tert-OH is 3. The number of hydrogen-bond donors (Lipinski definition) is 5. The number of aliphatic hydroxyl groups is 3. The number of aromatic amines is 1. The van der Waals surface area contributed by atoms with Crippen LogP contribution in [0.25, 0.3) is 0 Å². The molecule has 0 spiro atoms. The number of nitrogen functional groups attached to an aromatic ring is 1. The molecule has 6 N–H and O–H groups in total. The molecular weight excluding hydrogens is 232 g/mol. The predicted molar refractivity (Wildman–Crippen MR) is 52.5 cm³/mol. The monoisotopic (exact) mass is 245 g/mol. The van der Waals surface area contributed by atoms with Gasteiger partial charge in [0.15, 0.2) is 0 Å². The number of H-pyrrole nitrogens is 1. The Labute approximate surface area is 95.1 Å². The molecule has 1 saturated heterocycles. The number of nitrogens with zero attached hydrogens (tertiary/aromatic N) is 2. The smallest absolute Gasteiger partial charge is 0.394 e. The maximum Gasteiger partial charge on any atom is 0.446 e. The van der Waals surface area contributed by atoms with E-state index in [4.69, 9.17) is 15.6 Å². The Morgan fingerprint density at radius 3 is 2.76 bits per heavy atom. The fraction of sp³-hybridized carbons (Fsp3) is 0.625. The molecule has 2 heterocycles. The topological polar surface area (TPSA) is 146 Å². The van der Waals surface area contributed by atoms with Gasteiger partial charge in [-0.2, -0.15) is 9.55 Å². The van der Waals surface area contributed by atoms with Gasteiger partial charge in [0.05, 0.1) is 6.61 Å². The first-order valence-electron chi connectivity index (χ1n) is 4.93. The standard InChI is InChI=1S/C8H12N4O5/c9-7-10-2-12(8(16)11-7)6-5(15)4(14)3(1-13)17-6/h2-6,13-15H,1H2,(H2,9,11,16)/p+1/t3-,4+,5+,6-/m1/s1. The highest BCUT2D eigenvalue weighted by Gasteiger charge is 2.46. The number of ether oxygens (including phenoxy) is 1. The summed E-state index contributed by atoms with van der Waals surface area (Å²) in [6.07, 6.45) is -3.56. The van der Waals surface area contributed by atoms with Crippen LogP contribution in [-0.2, 0) is 4.74 Å². The first kappa shape index (κ1) is 11.9. The van der Waals surface area contributed by atoms with Gasteiger partial charge in [-0.1, -0.05) is 4.98 Å². The minimum absolute atomic E-state index is 0.0713. The second-order valence-corrected chi connectivity index (χ2v) is 3.70. The summed E-state index contributed by atoms with van der Waals surface area (Å²) in [6, 6.07) is 0. The van der Waals surface area contributed by atoms with Gasteiger partial charge in [0.1, 0.15) is 18.3 Å². The fourth-order valence-electron chi connectivity index (χ4n) is 1.67. The summed E-state index contributed by atoms with van der Waals surface area (Å²) in [7, 11) is 0. The zero-order chi connectivity index (χ0) is 12.6. The van der Waals surface area contributed by atoms with Crippen LogP contribution in [0.15, 0.2) is 11.1 Å². The van der Waals surface area contributed by atoms with Crippen molar-refractivity contribution in [3.63, 3.8) is 0 Å². The third-order valence-electron chi connectivity index (χ3n) is 2.58. The van der Waals surface area contributed by atoms with Gasteiger partial charge in [0.2, 0.25) is 12.6 Å². The molecule has 0 aromatic carbocycles.